The number of amides is 4. The Bertz CT molecular complexity index is 982. The Labute approximate surface area is 165 Å². The number of anilines is 2. The standard InChI is InChI=1S/C20H17N3O6/c1-12(24)21-13-5-4-6-14(9-13)22-17(25)11-29-18(26)10-23-19(27)15-7-2-3-8-16(15)20(23)28/h2-9H,10-11H2,1H3,(H,21,24)(H,22,25). The maximum absolute atomic E-state index is 12.2. The Hall–Kier alpha value is -4.01. The molecule has 0 spiro atoms. The van der Waals surface area contributed by atoms with Gasteiger partial charge < -0.3 is 15.4 Å². The number of fused-ring (bicyclic) bond motifs is 1. The summed E-state index contributed by atoms with van der Waals surface area (Å²) in [4.78, 5) is 60.2. The minimum absolute atomic E-state index is 0.224. The molecule has 3 rings (SSSR count). The smallest absolute Gasteiger partial charge is 0.326 e. The first-order valence-electron chi connectivity index (χ1n) is 8.63. The molecule has 0 atom stereocenters. The van der Waals surface area contributed by atoms with Crippen molar-refractivity contribution in [3.05, 3.63) is 59.7 Å². The van der Waals surface area contributed by atoms with Crippen molar-refractivity contribution in [1.82, 2.24) is 4.90 Å². The Balaban J connectivity index is 1.51. The van der Waals surface area contributed by atoms with Crippen molar-refractivity contribution >= 4 is 41.0 Å². The average molecular weight is 395 g/mol. The number of carbonyl (C=O) groups excluding carboxylic acids is 5. The maximum atomic E-state index is 12.2. The van der Waals surface area contributed by atoms with Gasteiger partial charge in [0.25, 0.3) is 17.7 Å². The molecule has 148 valence electrons. The van der Waals surface area contributed by atoms with Gasteiger partial charge in [-0.3, -0.25) is 28.9 Å². The number of esters is 1. The lowest BCUT2D eigenvalue weighted by Gasteiger charge is -2.13. The van der Waals surface area contributed by atoms with Crippen LogP contribution < -0.4 is 10.6 Å². The monoisotopic (exact) mass is 395 g/mol. The van der Waals surface area contributed by atoms with Crippen LogP contribution in [0.25, 0.3) is 0 Å². The lowest BCUT2D eigenvalue weighted by molar-refractivity contribution is -0.147. The highest BCUT2D eigenvalue weighted by atomic mass is 16.5. The molecule has 9 heteroatoms. The highest BCUT2D eigenvalue weighted by molar-refractivity contribution is 6.22. The average Bonchev–Trinajstić information content (AvgIpc) is 2.91. The van der Waals surface area contributed by atoms with Crippen LogP contribution in [0.2, 0.25) is 0 Å². The fourth-order valence-electron chi connectivity index (χ4n) is 2.78. The molecule has 2 aromatic carbocycles. The van der Waals surface area contributed by atoms with Crippen molar-refractivity contribution < 1.29 is 28.7 Å². The van der Waals surface area contributed by atoms with Crippen molar-refractivity contribution in [2.45, 2.75) is 6.92 Å². The highest BCUT2D eigenvalue weighted by Crippen LogP contribution is 2.22. The molecule has 0 saturated heterocycles. The van der Waals surface area contributed by atoms with Gasteiger partial charge >= 0.3 is 5.97 Å². The Morgan fingerprint density at radius 1 is 0.897 bits per heavy atom. The van der Waals surface area contributed by atoms with Crippen molar-refractivity contribution in [3.63, 3.8) is 0 Å². The van der Waals surface area contributed by atoms with Crippen LogP contribution in [0.5, 0.6) is 0 Å². The third-order valence-corrected chi connectivity index (χ3v) is 4.00. The molecule has 0 unspecified atom stereocenters. The zero-order chi connectivity index (χ0) is 21.0. The van der Waals surface area contributed by atoms with E-state index in [4.69, 9.17) is 4.74 Å². The van der Waals surface area contributed by atoms with Gasteiger partial charge in [0.1, 0.15) is 6.54 Å². The molecule has 0 radical (unpaired) electrons. The van der Waals surface area contributed by atoms with Gasteiger partial charge in [0.2, 0.25) is 5.91 Å². The fourth-order valence-corrected chi connectivity index (χ4v) is 2.78. The number of nitrogens with zero attached hydrogens (tertiary/aromatic N) is 1. The summed E-state index contributed by atoms with van der Waals surface area (Å²) in [5.74, 6) is -2.92. The summed E-state index contributed by atoms with van der Waals surface area (Å²) in [5, 5.41) is 5.10. The van der Waals surface area contributed by atoms with E-state index >= 15 is 0 Å². The van der Waals surface area contributed by atoms with E-state index in [0.717, 1.165) is 4.90 Å². The molecule has 29 heavy (non-hydrogen) atoms. The van der Waals surface area contributed by atoms with Crippen LogP contribution in [-0.2, 0) is 19.1 Å². The molecule has 4 amide bonds. The first kappa shape index (κ1) is 19.7. The van der Waals surface area contributed by atoms with Gasteiger partial charge in [-0.25, -0.2) is 0 Å². The lowest BCUT2D eigenvalue weighted by Crippen LogP contribution is -2.36. The van der Waals surface area contributed by atoms with E-state index in [9.17, 15) is 24.0 Å². The van der Waals surface area contributed by atoms with Gasteiger partial charge in [0, 0.05) is 18.3 Å². The first-order chi connectivity index (χ1) is 13.8. The molecule has 0 aromatic heterocycles. The summed E-state index contributed by atoms with van der Waals surface area (Å²) in [7, 11) is 0. The van der Waals surface area contributed by atoms with E-state index in [0.29, 0.717) is 11.4 Å². The van der Waals surface area contributed by atoms with Gasteiger partial charge in [0.05, 0.1) is 11.1 Å². The van der Waals surface area contributed by atoms with Crippen LogP contribution in [0.4, 0.5) is 11.4 Å². The second-order valence-corrected chi connectivity index (χ2v) is 6.21. The van der Waals surface area contributed by atoms with Crippen LogP contribution >= 0.6 is 0 Å². The zero-order valence-corrected chi connectivity index (χ0v) is 15.4. The third kappa shape index (κ3) is 4.64. The summed E-state index contributed by atoms with van der Waals surface area (Å²) in [6.07, 6.45) is 0. The number of hydrogen-bond acceptors (Lipinski definition) is 6. The predicted octanol–water partition coefficient (Wildman–Crippen LogP) is 1.42. The molecule has 0 bridgehead atoms. The molecule has 2 aromatic rings. The van der Waals surface area contributed by atoms with Crippen molar-refractivity contribution in [2.24, 2.45) is 0 Å². The van der Waals surface area contributed by atoms with E-state index in [1.54, 1.807) is 36.4 Å². The predicted molar refractivity (Wildman–Crippen MR) is 102 cm³/mol. The Kier molecular flexibility index (Phi) is 5.68. The lowest BCUT2D eigenvalue weighted by atomic mass is 10.1. The number of hydrogen-bond donors (Lipinski definition) is 2. The van der Waals surface area contributed by atoms with E-state index in [1.165, 1.54) is 19.1 Å². The van der Waals surface area contributed by atoms with E-state index < -0.39 is 36.8 Å². The zero-order valence-electron chi connectivity index (χ0n) is 15.4. The fraction of sp³-hybridized carbons (Fsp3) is 0.150. The van der Waals surface area contributed by atoms with Crippen LogP contribution in [0.3, 0.4) is 0 Å². The second-order valence-electron chi connectivity index (χ2n) is 6.21. The molecular weight excluding hydrogens is 378 g/mol. The molecule has 0 aliphatic carbocycles. The summed E-state index contributed by atoms with van der Waals surface area (Å²) in [6, 6.07) is 12.7. The number of nitrogens with one attached hydrogen (secondary N) is 2. The largest absolute Gasteiger partial charge is 0.454 e. The van der Waals surface area contributed by atoms with E-state index in [-0.39, 0.29) is 17.0 Å². The van der Waals surface area contributed by atoms with Crippen molar-refractivity contribution in [3.8, 4) is 0 Å². The third-order valence-electron chi connectivity index (χ3n) is 4.00. The maximum Gasteiger partial charge on any atom is 0.326 e. The van der Waals surface area contributed by atoms with Gasteiger partial charge in [-0.15, -0.1) is 0 Å². The van der Waals surface area contributed by atoms with Gasteiger partial charge in [0.15, 0.2) is 6.61 Å². The second kappa shape index (κ2) is 8.34. The first-order valence-corrected chi connectivity index (χ1v) is 8.63. The van der Waals surface area contributed by atoms with Crippen LogP contribution in [-0.4, -0.2) is 47.6 Å². The summed E-state index contributed by atoms with van der Waals surface area (Å²) in [6.45, 7) is 0.184. The molecule has 0 saturated carbocycles. The number of rotatable bonds is 6. The van der Waals surface area contributed by atoms with Crippen molar-refractivity contribution in [1.29, 1.82) is 0 Å². The molecule has 1 aliphatic heterocycles. The summed E-state index contributed by atoms with van der Waals surface area (Å²) < 4.78 is 4.86. The van der Waals surface area contributed by atoms with Gasteiger partial charge in [-0.2, -0.15) is 0 Å². The highest BCUT2D eigenvalue weighted by Gasteiger charge is 2.36. The van der Waals surface area contributed by atoms with E-state index in [2.05, 4.69) is 10.6 Å². The van der Waals surface area contributed by atoms with Gasteiger partial charge in [-0.1, -0.05) is 18.2 Å². The van der Waals surface area contributed by atoms with Crippen LogP contribution in [0.15, 0.2) is 48.5 Å². The number of carbonyl (C=O) groups is 5. The van der Waals surface area contributed by atoms with Crippen molar-refractivity contribution in [2.75, 3.05) is 23.8 Å². The molecule has 1 heterocycles. The summed E-state index contributed by atoms with van der Waals surface area (Å²) in [5.41, 5.74) is 1.35. The topological polar surface area (TPSA) is 122 Å². The van der Waals surface area contributed by atoms with Crippen LogP contribution in [0.1, 0.15) is 27.6 Å². The summed E-state index contributed by atoms with van der Waals surface area (Å²) >= 11 is 0. The Morgan fingerprint density at radius 3 is 2.07 bits per heavy atom. The molecule has 1 aliphatic rings. The SMILES string of the molecule is CC(=O)Nc1cccc(NC(=O)COC(=O)CN2C(=O)c3ccccc3C2=O)c1. The van der Waals surface area contributed by atoms with Gasteiger partial charge in [-0.05, 0) is 30.3 Å². The van der Waals surface area contributed by atoms with E-state index in [1.807, 2.05) is 0 Å². The number of ether oxygens (including phenoxy) is 1. The molecule has 2 N–H and O–H groups in total. The minimum atomic E-state index is -0.887. The quantitative estimate of drug-likeness (QED) is 0.564. The Morgan fingerprint density at radius 2 is 1.48 bits per heavy atom. The van der Waals surface area contributed by atoms with Crippen LogP contribution in [0, 0.1) is 0 Å². The molecule has 0 fully saturated rings. The minimum Gasteiger partial charge on any atom is -0.454 e. The number of imide groups is 1. The normalized spacial score (nSPS) is 12.4. The number of benzene rings is 2. The molecule has 9 nitrogen and oxygen atoms in total. The molecular formula is C20H17N3O6.